The van der Waals surface area contributed by atoms with Crippen LogP contribution >= 0.6 is 0 Å². The van der Waals surface area contributed by atoms with E-state index in [2.05, 4.69) is 16.3 Å². The summed E-state index contributed by atoms with van der Waals surface area (Å²) in [7, 11) is 1.82. The molecule has 3 nitrogen and oxygen atoms in total. The molecule has 0 bridgehead atoms. The van der Waals surface area contributed by atoms with E-state index in [9.17, 15) is 4.21 Å². The van der Waals surface area contributed by atoms with Crippen molar-refractivity contribution in [1.82, 2.24) is 4.90 Å². The molecule has 0 amide bonds. The number of hydrogen-bond acceptors (Lipinski definition) is 3. The maximum Gasteiger partial charge on any atom is 0.0554 e. The average Bonchev–Trinajstić information content (AvgIpc) is 2.05. The van der Waals surface area contributed by atoms with E-state index in [-0.39, 0.29) is 5.25 Å². The Morgan fingerprint density at radius 1 is 1.58 bits per heavy atom. The molecule has 0 aliphatic carbocycles. The van der Waals surface area contributed by atoms with Crippen molar-refractivity contribution >= 4 is 9.73 Å². The van der Waals surface area contributed by atoms with Gasteiger partial charge in [0.25, 0.3) is 0 Å². The van der Waals surface area contributed by atoms with Gasteiger partial charge < -0.3 is 4.90 Å². The van der Waals surface area contributed by atoms with Crippen LogP contribution in [0.4, 0.5) is 0 Å². The molecular formula is C8H18N2OS. The molecule has 0 saturated carbocycles. The molecule has 1 aliphatic heterocycles. The Labute approximate surface area is 75.3 Å². The standard InChI is InChI=1S/C8H18N2OS/c1-9-12(3,11)8-5-4-6-10(2)7-8/h8H,4-7H2,1-3H3. The summed E-state index contributed by atoms with van der Waals surface area (Å²) in [6, 6.07) is 0. The van der Waals surface area contributed by atoms with Crippen LogP contribution in [0.2, 0.25) is 0 Å². The molecule has 0 spiro atoms. The zero-order chi connectivity index (χ0) is 9.19. The topological polar surface area (TPSA) is 32.7 Å². The highest BCUT2D eigenvalue weighted by molar-refractivity contribution is 7.93. The van der Waals surface area contributed by atoms with Crippen molar-refractivity contribution in [2.45, 2.75) is 18.1 Å². The van der Waals surface area contributed by atoms with Crippen molar-refractivity contribution in [3.8, 4) is 0 Å². The molecule has 1 aliphatic rings. The van der Waals surface area contributed by atoms with Gasteiger partial charge in [0.2, 0.25) is 0 Å². The van der Waals surface area contributed by atoms with E-state index in [0.717, 1.165) is 25.9 Å². The molecule has 4 heteroatoms. The second kappa shape index (κ2) is 3.75. The van der Waals surface area contributed by atoms with Gasteiger partial charge in [-0.2, -0.15) is 0 Å². The van der Waals surface area contributed by atoms with Gasteiger partial charge >= 0.3 is 0 Å². The fourth-order valence-corrected chi connectivity index (χ4v) is 3.06. The third-order valence-corrected chi connectivity index (χ3v) is 4.91. The summed E-state index contributed by atoms with van der Waals surface area (Å²) in [5.74, 6) is 0. The Hall–Kier alpha value is -0.0900. The Balaban J connectivity index is 2.70. The first-order valence-electron chi connectivity index (χ1n) is 4.34. The van der Waals surface area contributed by atoms with Gasteiger partial charge in [0.15, 0.2) is 0 Å². The number of piperidine rings is 1. The largest absolute Gasteiger partial charge is 0.305 e. The number of nitrogens with zero attached hydrogens (tertiary/aromatic N) is 2. The van der Waals surface area contributed by atoms with Crippen LogP contribution in [0.15, 0.2) is 4.36 Å². The number of hydrogen-bond donors (Lipinski definition) is 0. The van der Waals surface area contributed by atoms with E-state index >= 15 is 0 Å². The minimum atomic E-state index is -1.92. The molecule has 1 heterocycles. The van der Waals surface area contributed by atoms with E-state index in [4.69, 9.17) is 0 Å². The predicted octanol–water partition coefficient (Wildman–Crippen LogP) is 0.808. The molecule has 0 radical (unpaired) electrons. The Morgan fingerprint density at radius 3 is 2.75 bits per heavy atom. The Bertz CT molecular complexity index is 256. The second-order valence-electron chi connectivity index (χ2n) is 3.57. The molecular weight excluding hydrogens is 172 g/mol. The molecule has 1 fully saturated rings. The molecule has 12 heavy (non-hydrogen) atoms. The summed E-state index contributed by atoms with van der Waals surface area (Å²) in [6.07, 6.45) is 4.00. The molecule has 0 aromatic carbocycles. The van der Waals surface area contributed by atoms with Crippen LogP contribution in [-0.2, 0) is 9.73 Å². The quantitative estimate of drug-likeness (QED) is 0.613. The van der Waals surface area contributed by atoms with Crippen LogP contribution in [0.1, 0.15) is 12.8 Å². The average molecular weight is 190 g/mol. The van der Waals surface area contributed by atoms with Gasteiger partial charge in [-0.3, -0.25) is 0 Å². The van der Waals surface area contributed by atoms with E-state index in [1.54, 1.807) is 13.3 Å². The van der Waals surface area contributed by atoms with E-state index in [1.165, 1.54) is 0 Å². The predicted molar refractivity (Wildman–Crippen MR) is 52.9 cm³/mol. The Kier molecular flexibility index (Phi) is 3.12. The lowest BCUT2D eigenvalue weighted by Crippen LogP contribution is -2.39. The zero-order valence-electron chi connectivity index (χ0n) is 8.12. The lowest BCUT2D eigenvalue weighted by atomic mass is 10.1. The van der Waals surface area contributed by atoms with Crippen molar-refractivity contribution in [3.05, 3.63) is 0 Å². The second-order valence-corrected chi connectivity index (χ2v) is 6.32. The van der Waals surface area contributed by atoms with Crippen molar-refractivity contribution in [1.29, 1.82) is 0 Å². The highest BCUT2D eigenvalue weighted by Gasteiger charge is 2.23. The van der Waals surface area contributed by atoms with Crippen molar-refractivity contribution in [2.75, 3.05) is 33.4 Å². The summed E-state index contributed by atoms with van der Waals surface area (Å²) < 4.78 is 15.8. The zero-order valence-corrected chi connectivity index (χ0v) is 8.93. The van der Waals surface area contributed by atoms with Gasteiger partial charge in [0.05, 0.1) is 5.25 Å². The van der Waals surface area contributed by atoms with Crippen molar-refractivity contribution in [3.63, 3.8) is 0 Å². The minimum absolute atomic E-state index is 0.279. The minimum Gasteiger partial charge on any atom is -0.305 e. The smallest absolute Gasteiger partial charge is 0.0554 e. The molecule has 72 valence electrons. The third-order valence-electron chi connectivity index (χ3n) is 2.56. The molecule has 0 aromatic rings. The fraction of sp³-hybridized carbons (Fsp3) is 1.00. The van der Waals surface area contributed by atoms with Crippen LogP contribution in [-0.4, -0.2) is 47.8 Å². The molecule has 2 atom stereocenters. The molecule has 2 unspecified atom stereocenters. The lowest BCUT2D eigenvalue weighted by molar-refractivity contribution is 0.280. The SMILES string of the molecule is CN=S(C)(=O)C1CCCN(C)C1. The summed E-state index contributed by atoms with van der Waals surface area (Å²) in [5, 5.41) is 0.279. The van der Waals surface area contributed by atoms with Gasteiger partial charge in [-0.25, -0.2) is 8.57 Å². The lowest BCUT2D eigenvalue weighted by Gasteiger charge is -2.30. The molecule has 1 rings (SSSR count). The number of likely N-dealkylation sites (tertiary alicyclic amines) is 1. The number of rotatable bonds is 1. The van der Waals surface area contributed by atoms with Crippen molar-refractivity contribution in [2.24, 2.45) is 4.36 Å². The maximum atomic E-state index is 11.9. The monoisotopic (exact) mass is 190 g/mol. The van der Waals surface area contributed by atoms with Gasteiger partial charge in [0.1, 0.15) is 0 Å². The van der Waals surface area contributed by atoms with Crippen LogP contribution in [0, 0.1) is 0 Å². The van der Waals surface area contributed by atoms with Crippen LogP contribution < -0.4 is 0 Å². The fourth-order valence-electron chi connectivity index (χ4n) is 1.63. The van der Waals surface area contributed by atoms with Gasteiger partial charge in [-0.05, 0) is 26.4 Å². The first-order chi connectivity index (χ1) is 5.56. The summed E-state index contributed by atoms with van der Waals surface area (Å²) in [5.41, 5.74) is 0. The molecule has 0 aromatic heterocycles. The summed E-state index contributed by atoms with van der Waals surface area (Å²) >= 11 is 0. The first-order valence-corrected chi connectivity index (χ1v) is 6.32. The van der Waals surface area contributed by atoms with E-state index in [1.807, 2.05) is 0 Å². The molecule has 1 saturated heterocycles. The summed E-state index contributed by atoms with van der Waals surface area (Å²) in [4.78, 5) is 2.24. The third kappa shape index (κ3) is 2.20. The van der Waals surface area contributed by atoms with Gasteiger partial charge in [0, 0.05) is 29.6 Å². The van der Waals surface area contributed by atoms with Gasteiger partial charge in [-0.1, -0.05) is 0 Å². The highest BCUT2D eigenvalue weighted by atomic mass is 32.2. The normalized spacial score (nSPS) is 31.1. The molecule has 0 N–H and O–H groups in total. The van der Waals surface area contributed by atoms with Crippen molar-refractivity contribution < 1.29 is 4.21 Å². The first kappa shape index (κ1) is 9.99. The van der Waals surface area contributed by atoms with E-state index in [0.29, 0.717) is 0 Å². The van der Waals surface area contributed by atoms with Gasteiger partial charge in [-0.15, -0.1) is 0 Å². The van der Waals surface area contributed by atoms with E-state index < -0.39 is 9.73 Å². The Morgan fingerprint density at radius 2 is 2.25 bits per heavy atom. The van der Waals surface area contributed by atoms with Crippen LogP contribution in [0.5, 0.6) is 0 Å². The van der Waals surface area contributed by atoms with Crippen LogP contribution in [0.25, 0.3) is 0 Å². The summed E-state index contributed by atoms with van der Waals surface area (Å²) in [6.45, 7) is 2.07. The van der Waals surface area contributed by atoms with Crippen LogP contribution in [0.3, 0.4) is 0 Å². The maximum absolute atomic E-state index is 11.9. The highest BCUT2D eigenvalue weighted by Crippen LogP contribution is 2.16.